The molecule has 0 bridgehead atoms. The third kappa shape index (κ3) is 5.18. The van der Waals surface area contributed by atoms with E-state index in [9.17, 15) is 19.6 Å². The SMILES string of the molecule is CN(CC(=O)Nc1ccccc1Cl)C(=O)COC(=O)c1cccc[n+]1[O-]. The van der Waals surface area contributed by atoms with Crippen molar-refractivity contribution >= 4 is 35.1 Å². The van der Waals surface area contributed by atoms with E-state index in [0.29, 0.717) is 15.4 Å². The number of amides is 2. The van der Waals surface area contributed by atoms with E-state index in [1.54, 1.807) is 24.3 Å². The number of aromatic nitrogens is 1. The average Bonchev–Trinajstić information content (AvgIpc) is 2.61. The highest BCUT2D eigenvalue weighted by Gasteiger charge is 2.20. The van der Waals surface area contributed by atoms with E-state index in [1.165, 1.54) is 25.2 Å². The number of pyridine rings is 1. The summed E-state index contributed by atoms with van der Waals surface area (Å²) in [6.07, 6.45) is 1.14. The zero-order valence-corrected chi connectivity index (χ0v) is 14.6. The summed E-state index contributed by atoms with van der Waals surface area (Å²) in [4.78, 5) is 36.8. The molecular weight excluding hydrogens is 362 g/mol. The molecule has 1 N–H and O–H groups in total. The molecule has 2 amide bonds. The van der Waals surface area contributed by atoms with Crippen LogP contribution in [0.25, 0.3) is 0 Å². The fourth-order valence-corrected chi connectivity index (χ4v) is 2.14. The number of rotatable bonds is 6. The summed E-state index contributed by atoms with van der Waals surface area (Å²) in [6, 6.07) is 10.9. The van der Waals surface area contributed by atoms with Crippen molar-refractivity contribution in [2.75, 3.05) is 25.5 Å². The third-order valence-electron chi connectivity index (χ3n) is 3.31. The Hall–Kier alpha value is -3.13. The molecule has 1 aromatic carbocycles. The minimum atomic E-state index is -0.928. The number of halogens is 1. The van der Waals surface area contributed by atoms with Crippen LogP contribution in [0.1, 0.15) is 10.5 Å². The summed E-state index contributed by atoms with van der Waals surface area (Å²) in [6.45, 7) is -0.849. The molecule has 1 aromatic heterocycles. The highest BCUT2D eigenvalue weighted by atomic mass is 35.5. The first-order chi connectivity index (χ1) is 12.4. The van der Waals surface area contributed by atoms with E-state index in [1.807, 2.05) is 0 Å². The highest BCUT2D eigenvalue weighted by Crippen LogP contribution is 2.20. The number of nitrogens with one attached hydrogen (secondary N) is 1. The molecule has 0 aliphatic carbocycles. The molecular formula is C17H16ClN3O5. The van der Waals surface area contributed by atoms with Crippen LogP contribution in [-0.4, -0.2) is 42.9 Å². The van der Waals surface area contributed by atoms with Crippen molar-refractivity contribution in [2.24, 2.45) is 0 Å². The van der Waals surface area contributed by atoms with Crippen molar-refractivity contribution in [3.63, 3.8) is 0 Å². The number of likely N-dealkylation sites (N-methyl/N-ethyl adjacent to an activating group) is 1. The van der Waals surface area contributed by atoms with Crippen LogP contribution < -0.4 is 10.0 Å². The van der Waals surface area contributed by atoms with E-state index >= 15 is 0 Å². The molecule has 8 nitrogen and oxygen atoms in total. The van der Waals surface area contributed by atoms with Gasteiger partial charge < -0.3 is 20.2 Å². The van der Waals surface area contributed by atoms with Gasteiger partial charge in [0, 0.05) is 19.2 Å². The third-order valence-corrected chi connectivity index (χ3v) is 3.64. The van der Waals surface area contributed by atoms with Gasteiger partial charge in [0.05, 0.1) is 17.3 Å². The maximum atomic E-state index is 12.0. The number of carbonyl (C=O) groups is 3. The van der Waals surface area contributed by atoms with E-state index in [-0.39, 0.29) is 12.2 Å². The second-order valence-corrected chi connectivity index (χ2v) is 5.67. The molecule has 136 valence electrons. The summed E-state index contributed by atoms with van der Waals surface area (Å²) in [5.74, 6) is -1.98. The number of ether oxygens (including phenoxy) is 1. The first-order valence-electron chi connectivity index (χ1n) is 7.52. The lowest BCUT2D eigenvalue weighted by Gasteiger charge is -2.17. The monoisotopic (exact) mass is 377 g/mol. The van der Waals surface area contributed by atoms with Gasteiger partial charge in [-0.2, -0.15) is 4.73 Å². The maximum absolute atomic E-state index is 12.0. The van der Waals surface area contributed by atoms with Gasteiger partial charge >= 0.3 is 11.7 Å². The summed E-state index contributed by atoms with van der Waals surface area (Å²) >= 11 is 5.94. The van der Waals surface area contributed by atoms with Gasteiger partial charge in [-0.05, 0) is 18.2 Å². The molecule has 26 heavy (non-hydrogen) atoms. The predicted molar refractivity (Wildman–Crippen MR) is 93.4 cm³/mol. The molecule has 0 unspecified atom stereocenters. The van der Waals surface area contributed by atoms with Crippen molar-refractivity contribution in [3.8, 4) is 0 Å². The molecule has 0 saturated heterocycles. The zero-order chi connectivity index (χ0) is 19.1. The number of nitrogens with zero attached hydrogens (tertiary/aromatic N) is 2. The molecule has 0 fully saturated rings. The largest absolute Gasteiger partial charge is 0.618 e. The van der Waals surface area contributed by atoms with Crippen molar-refractivity contribution in [2.45, 2.75) is 0 Å². The first-order valence-corrected chi connectivity index (χ1v) is 7.90. The van der Waals surface area contributed by atoms with Crippen LogP contribution >= 0.6 is 11.6 Å². The number of carbonyl (C=O) groups excluding carboxylic acids is 3. The van der Waals surface area contributed by atoms with Crippen LogP contribution in [0, 0.1) is 5.21 Å². The maximum Gasteiger partial charge on any atom is 0.405 e. The van der Waals surface area contributed by atoms with Gasteiger partial charge in [0.1, 0.15) is 0 Å². The molecule has 0 atom stereocenters. The van der Waals surface area contributed by atoms with Crippen LogP contribution in [0.4, 0.5) is 5.69 Å². The van der Waals surface area contributed by atoms with Crippen molar-refractivity contribution in [1.82, 2.24) is 4.90 Å². The van der Waals surface area contributed by atoms with E-state index in [0.717, 1.165) is 11.1 Å². The van der Waals surface area contributed by atoms with Crippen LogP contribution in [0.15, 0.2) is 48.7 Å². The summed E-state index contributed by atoms with van der Waals surface area (Å²) in [5, 5.41) is 14.4. The average molecular weight is 378 g/mol. The Morgan fingerprint density at radius 3 is 2.58 bits per heavy atom. The van der Waals surface area contributed by atoms with Crippen LogP contribution in [0.5, 0.6) is 0 Å². The minimum Gasteiger partial charge on any atom is -0.618 e. The minimum absolute atomic E-state index is 0.237. The van der Waals surface area contributed by atoms with Gasteiger partial charge in [0.2, 0.25) is 5.91 Å². The Labute approximate surface area is 154 Å². The number of hydrogen-bond donors (Lipinski definition) is 1. The topological polar surface area (TPSA) is 103 Å². The quantitative estimate of drug-likeness (QED) is 0.463. The molecule has 0 spiro atoms. The van der Waals surface area contributed by atoms with E-state index in [4.69, 9.17) is 16.3 Å². The van der Waals surface area contributed by atoms with Crippen molar-refractivity contribution in [1.29, 1.82) is 0 Å². The molecule has 0 aliphatic rings. The lowest BCUT2D eigenvalue weighted by molar-refractivity contribution is -0.608. The molecule has 2 aromatic rings. The fraction of sp³-hybridized carbons (Fsp3) is 0.176. The normalized spacial score (nSPS) is 10.1. The van der Waals surface area contributed by atoms with E-state index in [2.05, 4.69) is 5.32 Å². The molecule has 0 saturated carbocycles. The summed E-state index contributed by atoms with van der Waals surface area (Å²) in [7, 11) is 1.39. The van der Waals surface area contributed by atoms with Gasteiger partial charge in [-0.1, -0.05) is 23.7 Å². The highest BCUT2D eigenvalue weighted by molar-refractivity contribution is 6.33. The van der Waals surface area contributed by atoms with E-state index < -0.39 is 24.4 Å². The van der Waals surface area contributed by atoms with Crippen molar-refractivity contribution in [3.05, 3.63) is 64.6 Å². The lowest BCUT2D eigenvalue weighted by atomic mass is 10.3. The second kappa shape index (κ2) is 8.82. The standard InChI is InChI=1S/C17H16ClN3O5/c1-20(10-15(22)19-13-7-3-2-6-12(13)18)16(23)11-26-17(24)14-8-4-5-9-21(14)25/h2-9H,10-11H2,1H3,(H,19,22). The number of anilines is 1. The van der Waals surface area contributed by atoms with Crippen LogP contribution in [-0.2, 0) is 14.3 Å². The Morgan fingerprint density at radius 2 is 1.88 bits per heavy atom. The fourth-order valence-electron chi connectivity index (χ4n) is 1.95. The Balaban J connectivity index is 1.84. The van der Waals surface area contributed by atoms with Crippen LogP contribution in [0.3, 0.4) is 0 Å². The number of hydrogen-bond acceptors (Lipinski definition) is 5. The molecule has 9 heteroatoms. The second-order valence-electron chi connectivity index (χ2n) is 5.27. The zero-order valence-electron chi connectivity index (χ0n) is 13.8. The van der Waals surface area contributed by atoms with Crippen molar-refractivity contribution < 1.29 is 23.9 Å². The molecule has 1 heterocycles. The summed E-state index contributed by atoms with van der Waals surface area (Å²) < 4.78 is 5.15. The van der Waals surface area contributed by atoms with Gasteiger partial charge in [0.25, 0.3) is 5.91 Å². The van der Waals surface area contributed by atoms with Gasteiger partial charge in [-0.25, -0.2) is 4.79 Å². The number of benzene rings is 1. The Bertz CT molecular complexity index is 828. The van der Waals surface area contributed by atoms with Gasteiger partial charge in [-0.15, -0.1) is 0 Å². The van der Waals surface area contributed by atoms with Crippen LogP contribution in [0.2, 0.25) is 5.02 Å². The smallest absolute Gasteiger partial charge is 0.405 e. The molecule has 0 aliphatic heterocycles. The predicted octanol–water partition coefficient (Wildman–Crippen LogP) is 1.23. The van der Waals surface area contributed by atoms with Gasteiger partial charge in [0.15, 0.2) is 12.8 Å². The van der Waals surface area contributed by atoms with Gasteiger partial charge in [-0.3, -0.25) is 9.59 Å². The Kier molecular flexibility index (Phi) is 6.51. The number of esters is 1. The molecule has 0 radical (unpaired) electrons. The Morgan fingerprint density at radius 1 is 1.19 bits per heavy atom. The first kappa shape index (κ1) is 19.2. The summed E-state index contributed by atoms with van der Waals surface area (Å²) in [5.41, 5.74) is 0.190. The number of para-hydroxylation sites is 1. The lowest BCUT2D eigenvalue weighted by Crippen LogP contribution is -2.39. The molecule has 2 rings (SSSR count).